The number of hydrogen-bond acceptors (Lipinski definition) is 20. The first kappa shape index (κ1) is 39.8. The summed E-state index contributed by atoms with van der Waals surface area (Å²) in [7, 11) is 7.62. The highest BCUT2D eigenvalue weighted by atomic mass is 32.2. The van der Waals surface area contributed by atoms with Gasteiger partial charge in [-0.2, -0.15) is 20.4 Å². The molecule has 0 radical (unpaired) electrons. The largest absolute Gasteiger partial charge is 0.483 e. The van der Waals surface area contributed by atoms with Gasteiger partial charge in [0.2, 0.25) is 0 Å². The van der Waals surface area contributed by atoms with Gasteiger partial charge in [0.25, 0.3) is 0 Å². The molecule has 5 heterocycles. The first-order chi connectivity index (χ1) is 27.4. The predicted molar refractivity (Wildman–Crippen MR) is 234 cm³/mol. The van der Waals surface area contributed by atoms with Crippen molar-refractivity contribution >= 4 is 87.9 Å². The molecule has 0 saturated heterocycles. The lowest BCUT2D eigenvalue weighted by molar-refractivity contribution is 0.321. The fourth-order valence-corrected chi connectivity index (χ4v) is 8.74. The summed E-state index contributed by atoms with van der Waals surface area (Å²) in [6.07, 6.45) is 3.59. The molecule has 16 nitrogen and oxygen atoms in total. The summed E-state index contributed by atoms with van der Waals surface area (Å²) in [6, 6.07) is 15.3. The minimum Gasteiger partial charge on any atom is -0.483 e. The molecule has 0 N–H and O–H groups in total. The van der Waals surface area contributed by atoms with E-state index in [2.05, 4.69) is 20.4 Å². The van der Waals surface area contributed by atoms with Crippen LogP contribution in [0.2, 0.25) is 0 Å². The van der Waals surface area contributed by atoms with E-state index in [0.29, 0.717) is 75.6 Å². The standard InChI is InChI=1S/C36H44N12O4S4/c1-45-33-37-17-9-10-18-38-34-46(2)43-31(54-34)23-51-27-15-7-8-16-28(27)52-24-32-44-48(4)36(56-32)40-20-12-11-19-39-35-47(3)42-30(55-35)22-50-26-14-6-5-13-25(26)49-21-29(41-45)53-33/h5-8,13-16H,9-12,17-24H2,1-4H3. The minimum absolute atomic E-state index is 0.304. The highest BCUT2D eigenvalue weighted by Gasteiger charge is 2.25. The second kappa shape index (κ2) is 19.6. The third-order valence-electron chi connectivity index (χ3n) is 8.21. The third kappa shape index (κ3) is 10.9. The molecule has 56 heavy (non-hydrogen) atoms. The number of hydrazone groups is 4. The monoisotopic (exact) mass is 836 g/mol. The Balaban J connectivity index is 0.977. The van der Waals surface area contributed by atoms with E-state index in [9.17, 15) is 0 Å². The maximum atomic E-state index is 6.17. The number of rotatable bonds is 0. The lowest BCUT2D eigenvalue weighted by atomic mass is 10.3. The molecule has 8 bridgehead atoms. The topological polar surface area (TPSA) is 149 Å². The Kier molecular flexibility index (Phi) is 14.0. The van der Waals surface area contributed by atoms with Crippen molar-refractivity contribution in [3.8, 4) is 23.0 Å². The molecule has 0 spiro atoms. The molecule has 0 saturated carbocycles. The molecular weight excluding hydrogens is 793 g/mol. The fraction of sp³-hybridized carbons (Fsp3) is 0.444. The number of thioether (sulfide) groups is 4. The lowest BCUT2D eigenvalue weighted by Gasteiger charge is -2.11. The first-order valence-corrected chi connectivity index (χ1v) is 21.5. The molecule has 0 unspecified atom stereocenters. The van der Waals surface area contributed by atoms with Crippen LogP contribution in [0.4, 0.5) is 0 Å². The van der Waals surface area contributed by atoms with E-state index in [1.165, 1.54) is 47.0 Å². The van der Waals surface area contributed by atoms with Crippen LogP contribution >= 0.6 is 47.0 Å². The highest BCUT2D eigenvalue weighted by molar-refractivity contribution is 8.27. The number of hydrogen-bond donors (Lipinski definition) is 0. The Bertz CT molecular complexity index is 1710. The van der Waals surface area contributed by atoms with E-state index in [-0.39, 0.29) is 0 Å². The van der Waals surface area contributed by atoms with E-state index < -0.39 is 0 Å². The average Bonchev–Trinajstić information content (AvgIpc) is 3.95. The Morgan fingerprint density at radius 1 is 0.393 bits per heavy atom. The number of amidine groups is 4. The lowest BCUT2D eigenvalue weighted by Crippen LogP contribution is -2.13. The van der Waals surface area contributed by atoms with E-state index >= 15 is 0 Å². The van der Waals surface area contributed by atoms with Gasteiger partial charge in [-0.05, 0) is 97.0 Å². The van der Waals surface area contributed by atoms with Crippen LogP contribution in [0.5, 0.6) is 23.0 Å². The zero-order chi connectivity index (χ0) is 38.7. The summed E-state index contributed by atoms with van der Waals surface area (Å²) < 4.78 is 24.7. The van der Waals surface area contributed by atoms with Crippen LogP contribution in [0.25, 0.3) is 0 Å². The van der Waals surface area contributed by atoms with Gasteiger partial charge in [-0.25, -0.2) is 20.0 Å². The van der Waals surface area contributed by atoms with Crippen LogP contribution in [-0.4, -0.2) is 142 Å². The van der Waals surface area contributed by atoms with Crippen molar-refractivity contribution in [1.29, 1.82) is 0 Å². The predicted octanol–water partition coefficient (Wildman–Crippen LogP) is 5.87. The van der Waals surface area contributed by atoms with Gasteiger partial charge >= 0.3 is 0 Å². The molecule has 0 aromatic heterocycles. The molecule has 7 rings (SSSR count). The Morgan fingerprint density at radius 2 is 0.625 bits per heavy atom. The fourth-order valence-electron chi connectivity index (χ4n) is 5.46. The van der Waals surface area contributed by atoms with Gasteiger partial charge in [0.05, 0.1) is 0 Å². The van der Waals surface area contributed by atoms with Crippen LogP contribution in [-0.2, 0) is 0 Å². The number of nitrogens with zero attached hydrogens (tertiary/aromatic N) is 12. The molecule has 2 aromatic carbocycles. The summed E-state index contributed by atoms with van der Waals surface area (Å²) in [4.78, 5) is 19.2. The van der Waals surface area contributed by atoms with E-state index in [4.69, 9.17) is 38.9 Å². The SMILES string of the molecule is CN1N=C2COc3ccccc3OCC3=NN(C)C(=NCCCCN=C4SC(=NN4C)COc4ccccc4OCC4=NN(C)C(=NCCCCN=C1S2)S4)S3. The van der Waals surface area contributed by atoms with Gasteiger partial charge < -0.3 is 18.9 Å². The van der Waals surface area contributed by atoms with Crippen LogP contribution in [0, 0.1) is 0 Å². The second-order valence-corrected chi connectivity index (χ2v) is 16.8. The zero-order valence-electron chi connectivity index (χ0n) is 31.7. The van der Waals surface area contributed by atoms with Gasteiger partial charge in [-0.15, -0.1) is 0 Å². The van der Waals surface area contributed by atoms with Crippen LogP contribution in [0.1, 0.15) is 25.7 Å². The van der Waals surface area contributed by atoms with E-state index in [0.717, 1.165) is 66.5 Å². The van der Waals surface area contributed by atoms with Gasteiger partial charge in [0, 0.05) is 54.4 Å². The summed E-state index contributed by atoms with van der Waals surface area (Å²) in [5, 5.41) is 32.4. The average molecular weight is 837 g/mol. The Hall–Kier alpha value is -4.40. The number of ether oxygens (including phenoxy) is 4. The maximum Gasteiger partial charge on any atom is 0.185 e. The quantitative estimate of drug-likeness (QED) is 0.313. The second-order valence-electron chi connectivity index (χ2n) is 12.6. The number of aliphatic imine (C=N–C) groups is 4. The molecular formula is C36H44N12O4S4. The number of para-hydroxylation sites is 4. The van der Waals surface area contributed by atoms with Crippen molar-refractivity contribution in [3.63, 3.8) is 0 Å². The normalized spacial score (nSPS) is 20.6. The van der Waals surface area contributed by atoms with E-state index in [1.807, 2.05) is 76.7 Å². The molecule has 2 aromatic rings. The van der Waals surface area contributed by atoms with Gasteiger partial charge in [0.1, 0.15) is 46.6 Å². The molecule has 5 aliphatic heterocycles. The Labute approximate surface area is 343 Å². The summed E-state index contributed by atoms with van der Waals surface area (Å²) in [5.41, 5.74) is 0. The smallest absolute Gasteiger partial charge is 0.185 e. The summed E-state index contributed by atoms with van der Waals surface area (Å²) in [6.45, 7) is 3.93. The summed E-state index contributed by atoms with van der Waals surface area (Å²) >= 11 is 6.08. The molecule has 20 heteroatoms. The van der Waals surface area contributed by atoms with Crippen LogP contribution in [0.3, 0.4) is 0 Å². The third-order valence-corrected chi connectivity index (χ3v) is 12.3. The molecule has 0 amide bonds. The number of fused-ring (bicyclic) bond motifs is 10. The van der Waals surface area contributed by atoms with Crippen molar-refractivity contribution in [2.45, 2.75) is 25.7 Å². The Morgan fingerprint density at radius 3 is 0.857 bits per heavy atom. The van der Waals surface area contributed by atoms with Crippen LogP contribution in [0.15, 0.2) is 88.9 Å². The first-order valence-electron chi connectivity index (χ1n) is 18.2. The van der Waals surface area contributed by atoms with Crippen molar-refractivity contribution in [1.82, 2.24) is 20.0 Å². The molecule has 296 valence electrons. The van der Waals surface area contributed by atoms with Crippen molar-refractivity contribution in [2.24, 2.45) is 40.4 Å². The molecule has 5 aliphatic rings. The summed E-state index contributed by atoms with van der Waals surface area (Å²) in [5.74, 6) is 2.57. The molecule has 0 aliphatic carbocycles. The minimum atomic E-state index is 0.304. The van der Waals surface area contributed by atoms with Crippen molar-refractivity contribution < 1.29 is 18.9 Å². The number of benzene rings is 2. The van der Waals surface area contributed by atoms with Gasteiger partial charge in [-0.1, -0.05) is 24.3 Å². The van der Waals surface area contributed by atoms with Crippen LogP contribution < -0.4 is 18.9 Å². The maximum absolute atomic E-state index is 6.17. The van der Waals surface area contributed by atoms with Gasteiger partial charge in [0.15, 0.2) is 43.7 Å². The zero-order valence-corrected chi connectivity index (χ0v) is 35.0. The van der Waals surface area contributed by atoms with Crippen molar-refractivity contribution in [2.75, 3.05) is 80.8 Å². The van der Waals surface area contributed by atoms with E-state index in [1.54, 1.807) is 20.0 Å². The van der Waals surface area contributed by atoms with Gasteiger partial charge in [-0.3, -0.25) is 20.0 Å². The van der Waals surface area contributed by atoms with Crippen molar-refractivity contribution in [3.05, 3.63) is 48.5 Å². The molecule has 0 fully saturated rings. The highest BCUT2D eigenvalue weighted by Crippen LogP contribution is 2.31. The molecule has 0 atom stereocenters.